The van der Waals surface area contributed by atoms with Gasteiger partial charge in [-0.25, -0.2) is 0 Å². The van der Waals surface area contributed by atoms with E-state index in [4.69, 9.17) is 0 Å². The molecule has 0 aromatic heterocycles. The molecule has 1 atom stereocenters. The van der Waals surface area contributed by atoms with Crippen molar-refractivity contribution >= 4 is 0 Å². The fraction of sp³-hybridized carbons (Fsp3) is 0.818. The molecule has 0 aliphatic heterocycles. The van der Waals surface area contributed by atoms with E-state index in [9.17, 15) is 0 Å². The van der Waals surface area contributed by atoms with Crippen molar-refractivity contribution in [2.75, 3.05) is 14.1 Å². The summed E-state index contributed by atoms with van der Waals surface area (Å²) in [6, 6.07) is 0.562. The highest BCUT2D eigenvalue weighted by Gasteiger charge is 2.10. The van der Waals surface area contributed by atoms with Crippen LogP contribution in [0.15, 0.2) is 11.1 Å². The van der Waals surface area contributed by atoms with Crippen LogP contribution >= 0.6 is 0 Å². The maximum absolute atomic E-state index is 2.25. The molecule has 0 saturated heterocycles. The van der Waals surface area contributed by atoms with Crippen molar-refractivity contribution in [1.82, 2.24) is 4.90 Å². The summed E-state index contributed by atoms with van der Waals surface area (Å²) < 4.78 is 0. The molecule has 1 unspecified atom stereocenters. The molecular formula is C11H23N. The van der Waals surface area contributed by atoms with Crippen molar-refractivity contribution in [1.29, 1.82) is 0 Å². The second-order valence-electron chi connectivity index (χ2n) is 4.16. The maximum atomic E-state index is 2.25. The normalized spacial score (nSPS) is 16.8. The molecule has 0 aliphatic carbocycles. The molecule has 1 nitrogen and oxygen atoms in total. The molecule has 0 aliphatic rings. The highest BCUT2D eigenvalue weighted by atomic mass is 15.1. The molecule has 0 aromatic rings. The fourth-order valence-corrected chi connectivity index (χ4v) is 1.17. The Kier molecular flexibility index (Phi) is 4.54. The quantitative estimate of drug-likeness (QED) is 0.587. The summed E-state index contributed by atoms with van der Waals surface area (Å²) in [5.74, 6) is 0.674. The van der Waals surface area contributed by atoms with Crippen molar-refractivity contribution in [2.45, 2.75) is 40.7 Å². The summed E-state index contributed by atoms with van der Waals surface area (Å²) in [6.07, 6.45) is 0. The number of rotatable bonds is 3. The van der Waals surface area contributed by atoms with Gasteiger partial charge in [-0.1, -0.05) is 25.0 Å². The van der Waals surface area contributed by atoms with Gasteiger partial charge in [0.15, 0.2) is 0 Å². The first-order valence-corrected chi connectivity index (χ1v) is 4.71. The van der Waals surface area contributed by atoms with Crippen LogP contribution in [0.5, 0.6) is 0 Å². The van der Waals surface area contributed by atoms with Crippen molar-refractivity contribution in [3.05, 3.63) is 11.1 Å². The topological polar surface area (TPSA) is 3.24 Å². The number of allylic oxidation sites excluding steroid dienone is 1. The first kappa shape index (κ1) is 11.7. The monoisotopic (exact) mass is 169 g/mol. The van der Waals surface area contributed by atoms with Crippen LogP contribution in [0.1, 0.15) is 34.6 Å². The van der Waals surface area contributed by atoms with Gasteiger partial charge in [0.25, 0.3) is 0 Å². The molecule has 0 radical (unpaired) electrons. The second kappa shape index (κ2) is 4.66. The van der Waals surface area contributed by atoms with E-state index < -0.39 is 0 Å². The Hall–Kier alpha value is -0.300. The lowest BCUT2D eigenvalue weighted by molar-refractivity contribution is 0.347. The predicted molar refractivity (Wildman–Crippen MR) is 56.4 cm³/mol. The van der Waals surface area contributed by atoms with E-state index in [0.717, 1.165) is 0 Å². The summed E-state index contributed by atoms with van der Waals surface area (Å²) in [5, 5.41) is 0. The van der Waals surface area contributed by atoms with E-state index in [1.807, 2.05) is 0 Å². The molecule has 0 amide bonds. The van der Waals surface area contributed by atoms with Crippen molar-refractivity contribution in [2.24, 2.45) is 5.92 Å². The van der Waals surface area contributed by atoms with E-state index in [1.165, 1.54) is 11.1 Å². The summed E-state index contributed by atoms with van der Waals surface area (Å²) in [5.41, 5.74) is 3.03. The summed E-state index contributed by atoms with van der Waals surface area (Å²) >= 11 is 0. The molecule has 0 aromatic carbocycles. The summed E-state index contributed by atoms with van der Waals surface area (Å²) in [7, 11) is 4.25. The van der Waals surface area contributed by atoms with Gasteiger partial charge < -0.3 is 4.90 Å². The molecular weight excluding hydrogens is 146 g/mol. The third-order valence-electron chi connectivity index (χ3n) is 2.89. The standard InChI is InChI=1S/C11H23N/c1-8(2)9(3)10(4)11(5)12(6)7/h8,11H,1-7H3/b10-9+. The molecule has 0 rings (SSSR count). The van der Waals surface area contributed by atoms with E-state index >= 15 is 0 Å². The minimum Gasteiger partial charge on any atom is -0.303 e. The molecule has 1 heteroatoms. The molecule has 0 fully saturated rings. The van der Waals surface area contributed by atoms with Crippen LogP contribution < -0.4 is 0 Å². The van der Waals surface area contributed by atoms with Gasteiger partial charge in [-0.05, 0) is 40.8 Å². The molecule has 0 bridgehead atoms. The van der Waals surface area contributed by atoms with Crippen molar-refractivity contribution in [3.63, 3.8) is 0 Å². The van der Waals surface area contributed by atoms with Crippen LogP contribution in [0.3, 0.4) is 0 Å². The van der Waals surface area contributed by atoms with Crippen LogP contribution in [0, 0.1) is 5.92 Å². The van der Waals surface area contributed by atoms with Gasteiger partial charge in [0, 0.05) is 6.04 Å². The van der Waals surface area contributed by atoms with Crippen LogP contribution in [-0.2, 0) is 0 Å². The van der Waals surface area contributed by atoms with Gasteiger partial charge in [0.2, 0.25) is 0 Å². The first-order valence-electron chi connectivity index (χ1n) is 4.71. The Morgan fingerprint density at radius 2 is 1.33 bits per heavy atom. The van der Waals surface area contributed by atoms with Crippen LogP contribution in [0.2, 0.25) is 0 Å². The van der Waals surface area contributed by atoms with E-state index in [1.54, 1.807) is 0 Å². The predicted octanol–water partition coefficient (Wildman–Crippen LogP) is 2.93. The Morgan fingerprint density at radius 3 is 1.58 bits per heavy atom. The molecule has 0 heterocycles. The van der Waals surface area contributed by atoms with Gasteiger partial charge >= 0.3 is 0 Å². The van der Waals surface area contributed by atoms with Gasteiger partial charge in [-0.2, -0.15) is 0 Å². The highest BCUT2D eigenvalue weighted by Crippen LogP contribution is 2.18. The van der Waals surface area contributed by atoms with Crippen LogP contribution in [0.25, 0.3) is 0 Å². The Morgan fingerprint density at radius 1 is 0.917 bits per heavy atom. The van der Waals surface area contributed by atoms with E-state index in [0.29, 0.717) is 12.0 Å². The highest BCUT2D eigenvalue weighted by molar-refractivity contribution is 5.16. The van der Waals surface area contributed by atoms with Gasteiger partial charge in [-0.15, -0.1) is 0 Å². The van der Waals surface area contributed by atoms with Gasteiger partial charge in [0.1, 0.15) is 0 Å². The molecule has 72 valence electrons. The summed E-state index contributed by atoms with van der Waals surface area (Å²) in [6.45, 7) is 11.2. The lowest BCUT2D eigenvalue weighted by Gasteiger charge is -2.24. The van der Waals surface area contributed by atoms with Gasteiger partial charge in [-0.3, -0.25) is 0 Å². The van der Waals surface area contributed by atoms with Crippen molar-refractivity contribution in [3.8, 4) is 0 Å². The number of hydrogen-bond acceptors (Lipinski definition) is 1. The largest absolute Gasteiger partial charge is 0.303 e. The third-order valence-corrected chi connectivity index (χ3v) is 2.89. The number of nitrogens with zero attached hydrogens (tertiary/aromatic N) is 1. The average molecular weight is 169 g/mol. The van der Waals surface area contributed by atoms with E-state index in [2.05, 4.69) is 53.6 Å². The van der Waals surface area contributed by atoms with Crippen molar-refractivity contribution < 1.29 is 0 Å². The number of hydrogen-bond donors (Lipinski definition) is 0. The Labute approximate surface area is 77.5 Å². The Bertz CT molecular complexity index is 166. The van der Waals surface area contributed by atoms with Crippen LogP contribution in [-0.4, -0.2) is 25.0 Å². The zero-order valence-corrected chi connectivity index (χ0v) is 9.60. The molecule has 12 heavy (non-hydrogen) atoms. The van der Waals surface area contributed by atoms with Gasteiger partial charge in [0.05, 0.1) is 0 Å². The second-order valence-corrected chi connectivity index (χ2v) is 4.16. The van der Waals surface area contributed by atoms with Crippen LogP contribution in [0.4, 0.5) is 0 Å². The van der Waals surface area contributed by atoms with E-state index in [-0.39, 0.29) is 0 Å². The average Bonchev–Trinajstić information content (AvgIpc) is 2.00. The molecule has 0 spiro atoms. The SMILES string of the molecule is C/C(=C(/C)C(C)N(C)C)C(C)C. The molecule has 0 saturated carbocycles. The maximum Gasteiger partial charge on any atom is 0.0273 e. The minimum absolute atomic E-state index is 0.562. The zero-order valence-electron chi connectivity index (χ0n) is 9.60. The first-order chi connectivity index (χ1) is 5.37. The molecule has 0 N–H and O–H groups in total. The fourth-order valence-electron chi connectivity index (χ4n) is 1.17. The third kappa shape index (κ3) is 2.98. The minimum atomic E-state index is 0.562. The zero-order chi connectivity index (χ0) is 9.89. The summed E-state index contributed by atoms with van der Waals surface area (Å²) in [4.78, 5) is 2.25. The lowest BCUT2D eigenvalue weighted by Crippen LogP contribution is -2.26. The lowest BCUT2D eigenvalue weighted by atomic mass is 9.95. The number of likely N-dealkylation sites (N-methyl/N-ethyl adjacent to an activating group) is 1. The Balaban J connectivity index is 4.54. The smallest absolute Gasteiger partial charge is 0.0273 e.